The van der Waals surface area contributed by atoms with Gasteiger partial charge >= 0.3 is 28.5 Å². The zero-order valence-corrected chi connectivity index (χ0v) is 14.5. The predicted octanol–water partition coefficient (Wildman–Crippen LogP) is -1.30. The minimum absolute atomic E-state index is 0.0461. The van der Waals surface area contributed by atoms with Crippen LogP contribution in [0.15, 0.2) is 6.20 Å². The molecule has 0 aliphatic carbocycles. The van der Waals surface area contributed by atoms with Gasteiger partial charge in [0.15, 0.2) is 6.04 Å². The molecule has 0 spiro atoms. The molecule has 2 aliphatic rings. The molecule has 2 atom stereocenters. The lowest BCUT2D eigenvalue weighted by molar-refractivity contribution is -0.175. The van der Waals surface area contributed by atoms with Crippen LogP contribution in [-0.2, 0) is 31.3 Å². The number of nitrogens with one attached hydrogen (secondary N) is 2. The molecule has 28 heavy (non-hydrogen) atoms. The number of amides is 4. The van der Waals surface area contributed by atoms with E-state index >= 15 is 0 Å². The Hall–Kier alpha value is -2.92. The Labute approximate surface area is 153 Å². The Morgan fingerprint density at radius 3 is 2.57 bits per heavy atom. The van der Waals surface area contributed by atoms with E-state index in [2.05, 4.69) is 9.38 Å². The monoisotopic (exact) mass is 428 g/mol. The fourth-order valence-corrected chi connectivity index (χ4v) is 3.32. The number of hydrazine groups is 1. The minimum atomic E-state index is -5.26. The first-order chi connectivity index (χ1) is 12.8. The van der Waals surface area contributed by atoms with Crippen molar-refractivity contribution in [3.63, 3.8) is 0 Å². The highest BCUT2D eigenvalue weighted by Crippen LogP contribution is 2.43. The minimum Gasteiger partial charge on any atom is -0.302 e. The van der Waals surface area contributed by atoms with Crippen molar-refractivity contribution in [2.45, 2.75) is 18.3 Å². The second-order valence-electron chi connectivity index (χ2n) is 5.73. The molecule has 1 saturated heterocycles. The van der Waals surface area contributed by atoms with Crippen LogP contribution in [-0.4, -0.2) is 63.3 Å². The zero-order valence-electron chi connectivity index (χ0n) is 13.7. The first-order valence-electron chi connectivity index (χ1n) is 7.27. The van der Waals surface area contributed by atoms with Crippen LogP contribution in [0.5, 0.6) is 0 Å². The van der Waals surface area contributed by atoms with Gasteiger partial charge in [-0.15, -0.1) is 4.28 Å². The molecule has 0 unspecified atom stereocenters. The fraction of sp³-hybridized carbons (Fsp3) is 0.455. The van der Waals surface area contributed by atoms with Crippen LogP contribution in [0.3, 0.4) is 0 Å². The lowest BCUT2D eigenvalue weighted by Crippen LogP contribution is -2.52. The number of aromatic nitrogens is 2. The molecule has 3 heterocycles. The molecular formula is C11H11F3N6O7S. The number of nitrogens with zero attached hydrogens (tertiary/aromatic N) is 4. The van der Waals surface area contributed by atoms with Crippen molar-refractivity contribution in [1.29, 1.82) is 0 Å². The number of alkyl halides is 3. The fourth-order valence-electron chi connectivity index (χ4n) is 2.95. The molecule has 3 N–H and O–H groups in total. The Kier molecular flexibility index (Phi) is 4.47. The van der Waals surface area contributed by atoms with Crippen molar-refractivity contribution >= 4 is 28.2 Å². The summed E-state index contributed by atoms with van der Waals surface area (Å²) in [6.07, 6.45) is -4.06. The molecular weight excluding hydrogens is 417 g/mol. The summed E-state index contributed by atoms with van der Waals surface area (Å²) in [6.45, 7) is -0.293. The number of hydrogen-bond donors (Lipinski definition) is 3. The molecule has 13 nitrogen and oxygen atoms in total. The van der Waals surface area contributed by atoms with E-state index < -0.39 is 46.5 Å². The second kappa shape index (κ2) is 6.31. The van der Waals surface area contributed by atoms with Crippen molar-refractivity contribution < 1.29 is 44.8 Å². The van der Waals surface area contributed by atoms with Gasteiger partial charge in [-0.2, -0.15) is 31.8 Å². The van der Waals surface area contributed by atoms with Crippen LogP contribution in [0.4, 0.5) is 18.0 Å². The van der Waals surface area contributed by atoms with E-state index in [1.807, 2.05) is 0 Å². The normalized spacial score (nSPS) is 21.5. The van der Waals surface area contributed by atoms with E-state index in [0.29, 0.717) is 5.06 Å². The van der Waals surface area contributed by atoms with Gasteiger partial charge in [0.05, 0.1) is 18.4 Å². The van der Waals surface area contributed by atoms with Crippen molar-refractivity contribution in [3.8, 4) is 0 Å². The molecule has 1 aromatic heterocycles. The molecule has 154 valence electrons. The van der Waals surface area contributed by atoms with E-state index in [-0.39, 0.29) is 17.8 Å². The summed E-state index contributed by atoms with van der Waals surface area (Å²) >= 11 is 0. The van der Waals surface area contributed by atoms with E-state index in [1.54, 1.807) is 5.43 Å². The Morgan fingerprint density at radius 2 is 2.00 bits per heavy atom. The molecule has 17 heteroatoms. The summed E-state index contributed by atoms with van der Waals surface area (Å²) in [6, 6.07) is -3.78. The summed E-state index contributed by atoms with van der Waals surface area (Å²) in [4.78, 5) is 36.5. The lowest BCUT2D eigenvalue weighted by atomic mass is 9.97. The third-order valence-electron chi connectivity index (χ3n) is 4.01. The van der Waals surface area contributed by atoms with Gasteiger partial charge in [0.2, 0.25) is 0 Å². The number of halogens is 3. The Morgan fingerprint density at radius 1 is 1.36 bits per heavy atom. The van der Waals surface area contributed by atoms with Gasteiger partial charge in [-0.3, -0.25) is 29.7 Å². The first kappa shape index (κ1) is 19.8. The van der Waals surface area contributed by atoms with Crippen LogP contribution in [0, 0.1) is 0 Å². The number of fused-ring (bicyclic) bond motifs is 4. The third kappa shape index (κ3) is 3.34. The smallest absolute Gasteiger partial charge is 0.302 e. The number of urea groups is 1. The maximum absolute atomic E-state index is 12.4. The summed E-state index contributed by atoms with van der Waals surface area (Å²) in [5.74, 6) is -3.66. The van der Waals surface area contributed by atoms with E-state index in [9.17, 15) is 36.0 Å². The lowest BCUT2D eigenvalue weighted by Gasteiger charge is -2.30. The molecule has 0 radical (unpaired) electrons. The van der Waals surface area contributed by atoms with Gasteiger partial charge in [-0.25, -0.2) is 4.79 Å². The topological polar surface area (TPSA) is 163 Å². The zero-order chi connectivity index (χ0) is 21.0. The maximum Gasteiger partial charge on any atom is 0.472 e. The highest BCUT2D eigenvalue weighted by Gasteiger charge is 2.54. The van der Waals surface area contributed by atoms with Gasteiger partial charge in [0, 0.05) is 12.6 Å². The standard InChI is InChI=1S/C11H11F3N6O7S/c1-18-6-4(2-15-18)5-3-19(10(23)20(5)27-28(24,25)26)7(6)8(21)16-17-9(22)11(12,13)14/h2,5,7H,3H2,1H3,(H,16,21)(H,17,22)(H,24,25,26)/t5-,7-/m0/s1. The van der Waals surface area contributed by atoms with Gasteiger partial charge in [-0.1, -0.05) is 0 Å². The average molecular weight is 428 g/mol. The molecule has 4 amide bonds. The van der Waals surface area contributed by atoms with Crippen LogP contribution in [0.1, 0.15) is 23.3 Å². The summed E-state index contributed by atoms with van der Waals surface area (Å²) in [5, 5.41) is 4.18. The van der Waals surface area contributed by atoms with Crippen LogP contribution in [0.2, 0.25) is 0 Å². The van der Waals surface area contributed by atoms with Crippen LogP contribution < -0.4 is 10.9 Å². The second-order valence-corrected chi connectivity index (χ2v) is 6.74. The molecule has 2 aliphatic heterocycles. The number of carbonyl (C=O) groups excluding carboxylic acids is 3. The molecule has 0 saturated carbocycles. The van der Waals surface area contributed by atoms with Crippen LogP contribution >= 0.6 is 0 Å². The third-order valence-corrected chi connectivity index (χ3v) is 4.36. The highest BCUT2D eigenvalue weighted by molar-refractivity contribution is 7.80. The highest BCUT2D eigenvalue weighted by atomic mass is 32.3. The number of hydroxylamine groups is 2. The summed E-state index contributed by atoms with van der Waals surface area (Å²) in [5.41, 5.74) is 2.94. The van der Waals surface area contributed by atoms with E-state index in [4.69, 9.17) is 4.55 Å². The van der Waals surface area contributed by atoms with Crippen molar-refractivity contribution in [1.82, 2.24) is 30.6 Å². The Bertz CT molecular complexity index is 960. The van der Waals surface area contributed by atoms with Gasteiger partial charge in [0.1, 0.15) is 6.04 Å². The Balaban J connectivity index is 1.91. The van der Waals surface area contributed by atoms with Crippen molar-refractivity contribution in [2.24, 2.45) is 7.05 Å². The van der Waals surface area contributed by atoms with Gasteiger partial charge in [0.25, 0.3) is 5.91 Å². The molecule has 1 fully saturated rings. The predicted molar refractivity (Wildman–Crippen MR) is 77.6 cm³/mol. The van der Waals surface area contributed by atoms with Gasteiger partial charge < -0.3 is 4.90 Å². The largest absolute Gasteiger partial charge is 0.472 e. The maximum atomic E-state index is 12.4. The number of carbonyl (C=O) groups is 3. The van der Waals surface area contributed by atoms with Crippen LogP contribution in [0.25, 0.3) is 0 Å². The van der Waals surface area contributed by atoms with Crippen molar-refractivity contribution in [2.75, 3.05) is 6.54 Å². The number of hydrogen-bond acceptors (Lipinski definition) is 7. The molecule has 1 aromatic rings. The molecule has 3 rings (SSSR count). The SMILES string of the molecule is Cn1ncc2c1[C@@H](C(=O)NNC(=O)C(F)(F)F)N1C[C@@H]2N(OS(=O)(=O)O)C1=O. The van der Waals surface area contributed by atoms with Crippen molar-refractivity contribution in [3.05, 3.63) is 17.5 Å². The average Bonchev–Trinajstić information content (AvgIpc) is 3.06. The quantitative estimate of drug-likeness (QED) is 0.395. The summed E-state index contributed by atoms with van der Waals surface area (Å²) < 4.78 is 73.0. The number of rotatable bonds is 3. The summed E-state index contributed by atoms with van der Waals surface area (Å²) in [7, 11) is -3.71. The molecule has 0 aromatic carbocycles. The number of aryl methyl sites for hydroxylation is 1. The van der Waals surface area contributed by atoms with Gasteiger partial charge in [-0.05, 0) is 0 Å². The first-order valence-corrected chi connectivity index (χ1v) is 8.63. The van der Waals surface area contributed by atoms with E-state index in [0.717, 1.165) is 9.58 Å². The molecule has 2 bridgehead atoms. The van der Waals surface area contributed by atoms with E-state index in [1.165, 1.54) is 18.7 Å².